The Balaban J connectivity index is 2.36. The van der Waals surface area contributed by atoms with Gasteiger partial charge in [-0.15, -0.1) is 0 Å². The SMILES string of the molecule is CCN(C)C(=O)C1(c2cccc(Br)c2)CC(C)C1. The predicted molar refractivity (Wildman–Crippen MR) is 77.5 cm³/mol. The fraction of sp³-hybridized carbons (Fsp3) is 0.533. The Labute approximate surface area is 117 Å². The van der Waals surface area contributed by atoms with Crippen LogP contribution in [0.15, 0.2) is 28.7 Å². The molecule has 0 saturated heterocycles. The number of hydrogen-bond acceptors (Lipinski definition) is 1. The van der Waals surface area contributed by atoms with Crippen LogP contribution in [0.3, 0.4) is 0 Å². The van der Waals surface area contributed by atoms with Crippen molar-refractivity contribution in [3.8, 4) is 0 Å². The largest absolute Gasteiger partial charge is 0.345 e. The number of carbonyl (C=O) groups is 1. The van der Waals surface area contributed by atoms with Gasteiger partial charge in [-0.25, -0.2) is 0 Å². The Morgan fingerprint density at radius 1 is 1.50 bits per heavy atom. The third-order valence-corrected chi connectivity index (χ3v) is 4.49. The molecule has 0 N–H and O–H groups in total. The average Bonchev–Trinajstić information content (AvgIpc) is 2.32. The Kier molecular flexibility index (Phi) is 3.81. The molecule has 1 aliphatic rings. The highest BCUT2D eigenvalue weighted by atomic mass is 79.9. The molecule has 2 rings (SSSR count). The first-order chi connectivity index (χ1) is 8.49. The van der Waals surface area contributed by atoms with Crippen molar-refractivity contribution in [2.24, 2.45) is 5.92 Å². The van der Waals surface area contributed by atoms with Gasteiger partial charge in [0.15, 0.2) is 0 Å². The van der Waals surface area contributed by atoms with Crippen LogP contribution in [-0.4, -0.2) is 24.4 Å². The van der Waals surface area contributed by atoms with Gasteiger partial charge in [0.25, 0.3) is 0 Å². The van der Waals surface area contributed by atoms with Gasteiger partial charge in [-0.3, -0.25) is 4.79 Å². The highest BCUT2D eigenvalue weighted by molar-refractivity contribution is 9.10. The van der Waals surface area contributed by atoms with E-state index in [4.69, 9.17) is 0 Å². The topological polar surface area (TPSA) is 20.3 Å². The minimum atomic E-state index is -0.284. The number of benzene rings is 1. The van der Waals surface area contributed by atoms with Crippen LogP contribution in [0.25, 0.3) is 0 Å². The van der Waals surface area contributed by atoms with Crippen molar-refractivity contribution >= 4 is 21.8 Å². The van der Waals surface area contributed by atoms with Crippen LogP contribution in [-0.2, 0) is 10.2 Å². The molecule has 0 bridgehead atoms. The Morgan fingerprint density at radius 2 is 2.17 bits per heavy atom. The quantitative estimate of drug-likeness (QED) is 0.835. The lowest BCUT2D eigenvalue weighted by atomic mass is 9.58. The molecule has 0 unspecified atom stereocenters. The molecule has 1 aromatic rings. The van der Waals surface area contributed by atoms with E-state index in [2.05, 4.69) is 35.0 Å². The first-order valence-electron chi connectivity index (χ1n) is 6.51. The van der Waals surface area contributed by atoms with E-state index in [9.17, 15) is 4.79 Å². The zero-order chi connectivity index (χ0) is 13.3. The highest BCUT2D eigenvalue weighted by Crippen LogP contribution is 2.49. The molecule has 1 saturated carbocycles. The average molecular weight is 310 g/mol. The maximum Gasteiger partial charge on any atom is 0.232 e. The van der Waals surface area contributed by atoms with Crippen molar-refractivity contribution in [3.63, 3.8) is 0 Å². The molecular formula is C15H20BrNO. The van der Waals surface area contributed by atoms with E-state index < -0.39 is 0 Å². The number of amides is 1. The number of halogens is 1. The van der Waals surface area contributed by atoms with Gasteiger partial charge in [0.2, 0.25) is 5.91 Å². The van der Waals surface area contributed by atoms with E-state index in [0.717, 1.165) is 29.4 Å². The van der Waals surface area contributed by atoms with E-state index in [1.165, 1.54) is 0 Å². The van der Waals surface area contributed by atoms with Gasteiger partial charge >= 0.3 is 0 Å². The summed E-state index contributed by atoms with van der Waals surface area (Å²) in [5.74, 6) is 0.902. The van der Waals surface area contributed by atoms with Gasteiger partial charge in [-0.2, -0.15) is 0 Å². The summed E-state index contributed by atoms with van der Waals surface area (Å²) in [4.78, 5) is 14.5. The summed E-state index contributed by atoms with van der Waals surface area (Å²) in [6.07, 6.45) is 1.93. The van der Waals surface area contributed by atoms with E-state index in [1.54, 1.807) is 0 Å². The van der Waals surface area contributed by atoms with Gasteiger partial charge in [-0.05, 0) is 43.4 Å². The number of likely N-dealkylation sites (N-methyl/N-ethyl adjacent to an activating group) is 1. The standard InChI is InChI=1S/C15H20BrNO/c1-4-17(3)14(18)15(9-11(2)10-15)12-6-5-7-13(16)8-12/h5-8,11H,4,9-10H2,1-3H3. The first kappa shape index (κ1) is 13.6. The van der Waals surface area contributed by atoms with Gasteiger partial charge < -0.3 is 4.90 Å². The number of carbonyl (C=O) groups excluding carboxylic acids is 1. The molecule has 0 atom stereocenters. The fourth-order valence-corrected chi connectivity index (χ4v) is 3.36. The number of rotatable bonds is 3. The van der Waals surface area contributed by atoms with Gasteiger partial charge in [0.05, 0.1) is 5.41 Å². The molecule has 2 nitrogen and oxygen atoms in total. The summed E-state index contributed by atoms with van der Waals surface area (Å²) in [6, 6.07) is 8.20. The zero-order valence-corrected chi connectivity index (χ0v) is 12.8. The molecule has 0 spiro atoms. The van der Waals surface area contributed by atoms with Crippen molar-refractivity contribution in [1.82, 2.24) is 4.90 Å². The van der Waals surface area contributed by atoms with E-state index in [-0.39, 0.29) is 11.3 Å². The molecule has 0 radical (unpaired) electrons. The van der Waals surface area contributed by atoms with Crippen molar-refractivity contribution in [2.75, 3.05) is 13.6 Å². The Morgan fingerprint density at radius 3 is 2.67 bits per heavy atom. The Hall–Kier alpha value is -0.830. The van der Waals surface area contributed by atoms with Gasteiger partial charge in [0, 0.05) is 18.1 Å². The summed E-state index contributed by atoms with van der Waals surface area (Å²) in [7, 11) is 1.89. The normalized spacial score (nSPS) is 26.6. The van der Waals surface area contributed by atoms with E-state index in [0.29, 0.717) is 5.92 Å². The summed E-state index contributed by atoms with van der Waals surface area (Å²) in [5.41, 5.74) is 0.869. The van der Waals surface area contributed by atoms with Crippen LogP contribution in [0, 0.1) is 5.92 Å². The Bertz CT molecular complexity index is 452. The molecule has 1 aromatic carbocycles. The summed E-state index contributed by atoms with van der Waals surface area (Å²) in [5, 5.41) is 0. The molecule has 1 amide bonds. The molecule has 3 heteroatoms. The monoisotopic (exact) mass is 309 g/mol. The molecule has 0 aromatic heterocycles. The third-order valence-electron chi connectivity index (χ3n) is 4.00. The van der Waals surface area contributed by atoms with Gasteiger partial charge in [0.1, 0.15) is 0 Å². The lowest BCUT2D eigenvalue weighted by Gasteiger charge is -2.47. The van der Waals surface area contributed by atoms with E-state index in [1.807, 2.05) is 31.0 Å². The number of nitrogens with zero attached hydrogens (tertiary/aromatic N) is 1. The molecule has 1 fully saturated rings. The van der Waals surface area contributed by atoms with Crippen molar-refractivity contribution in [1.29, 1.82) is 0 Å². The maximum atomic E-state index is 12.6. The van der Waals surface area contributed by atoms with Crippen LogP contribution in [0.4, 0.5) is 0 Å². The molecule has 0 heterocycles. The summed E-state index contributed by atoms with van der Waals surface area (Å²) >= 11 is 3.50. The van der Waals surface area contributed by atoms with Crippen molar-refractivity contribution in [2.45, 2.75) is 32.1 Å². The molecule has 18 heavy (non-hydrogen) atoms. The minimum absolute atomic E-state index is 0.265. The molecule has 1 aliphatic carbocycles. The van der Waals surface area contributed by atoms with Crippen molar-refractivity contribution < 1.29 is 4.79 Å². The second-order valence-corrected chi connectivity index (χ2v) is 6.34. The second kappa shape index (κ2) is 5.04. The van der Waals surface area contributed by atoms with Crippen LogP contribution >= 0.6 is 15.9 Å². The predicted octanol–water partition coefficient (Wildman–Crippen LogP) is 3.60. The lowest BCUT2D eigenvalue weighted by Crippen LogP contribution is -2.52. The molecule has 98 valence electrons. The summed E-state index contributed by atoms with van der Waals surface area (Å²) in [6.45, 7) is 5.01. The number of hydrogen-bond donors (Lipinski definition) is 0. The van der Waals surface area contributed by atoms with E-state index >= 15 is 0 Å². The lowest BCUT2D eigenvalue weighted by molar-refractivity contribution is -0.141. The van der Waals surface area contributed by atoms with Crippen LogP contribution in [0.5, 0.6) is 0 Å². The van der Waals surface area contributed by atoms with Crippen LogP contribution in [0.1, 0.15) is 32.3 Å². The first-order valence-corrected chi connectivity index (χ1v) is 7.30. The zero-order valence-electron chi connectivity index (χ0n) is 11.2. The van der Waals surface area contributed by atoms with Crippen LogP contribution in [0.2, 0.25) is 0 Å². The van der Waals surface area contributed by atoms with Gasteiger partial charge in [-0.1, -0.05) is 35.0 Å². The fourth-order valence-electron chi connectivity index (χ4n) is 2.96. The maximum absolute atomic E-state index is 12.6. The minimum Gasteiger partial charge on any atom is -0.345 e. The van der Waals surface area contributed by atoms with Crippen LogP contribution < -0.4 is 0 Å². The van der Waals surface area contributed by atoms with Crippen molar-refractivity contribution in [3.05, 3.63) is 34.3 Å². The second-order valence-electron chi connectivity index (χ2n) is 5.43. The molecular weight excluding hydrogens is 290 g/mol. The third kappa shape index (κ3) is 2.20. The highest BCUT2D eigenvalue weighted by Gasteiger charge is 2.50. The smallest absolute Gasteiger partial charge is 0.232 e. The summed E-state index contributed by atoms with van der Waals surface area (Å²) < 4.78 is 1.05. The molecule has 0 aliphatic heterocycles.